The van der Waals surface area contributed by atoms with Gasteiger partial charge in [-0.3, -0.25) is 10.1 Å². The molecule has 0 aliphatic rings. The van der Waals surface area contributed by atoms with Gasteiger partial charge in [-0.25, -0.2) is 0 Å². The first-order valence-electron chi connectivity index (χ1n) is 6.14. The largest absolute Gasteiger partial charge is 0.352 e. The predicted octanol–water partition coefficient (Wildman–Crippen LogP) is 2.70. The molecule has 17 heavy (non-hydrogen) atoms. The van der Waals surface area contributed by atoms with Crippen LogP contribution in [0.5, 0.6) is 0 Å². The Morgan fingerprint density at radius 3 is 2.65 bits per heavy atom. The fourth-order valence-electron chi connectivity index (χ4n) is 1.54. The number of hydrogen-bond acceptors (Lipinski definition) is 3. The minimum Gasteiger partial charge on any atom is -0.352 e. The fourth-order valence-corrected chi connectivity index (χ4v) is 2.28. The van der Waals surface area contributed by atoms with Gasteiger partial charge in [0, 0.05) is 17.0 Å². The first-order valence-corrected chi connectivity index (χ1v) is 7.02. The van der Waals surface area contributed by atoms with E-state index in [1.165, 1.54) is 4.88 Å². The van der Waals surface area contributed by atoms with Crippen LogP contribution in [0.1, 0.15) is 45.0 Å². The van der Waals surface area contributed by atoms with E-state index in [4.69, 9.17) is 0 Å². The van der Waals surface area contributed by atoms with Gasteiger partial charge in [-0.2, -0.15) is 0 Å². The zero-order valence-corrected chi connectivity index (χ0v) is 11.8. The van der Waals surface area contributed by atoms with Gasteiger partial charge in [-0.05, 0) is 38.6 Å². The summed E-state index contributed by atoms with van der Waals surface area (Å²) in [6.07, 6.45) is 0.957. The second-order valence-electron chi connectivity index (χ2n) is 4.44. The summed E-state index contributed by atoms with van der Waals surface area (Å²) in [5.41, 5.74) is 0. The number of nitrogens with one attached hydrogen (secondary N) is 2. The molecule has 0 fully saturated rings. The Balaban J connectivity index is 2.43. The molecule has 0 saturated heterocycles. The maximum Gasteiger partial charge on any atom is 0.237 e. The summed E-state index contributed by atoms with van der Waals surface area (Å²) in [4.78, 5) is 13.1. The summed E-state index contributed by atoms with van der Waals surface area (Å²) in [7, 11) is 0. The Morgan fingerprint density at radius 2 is 2.12 bits per heavy atom. The molecule has 1 aromatic heterocycles. The predicted molar refractivity (Wildman–Crippen MR) is 73.2 cm³/mol. The van der Waals surface area contributed by atoms with Gasteiger partial charge in [0.25, 0.3) is 0 Å². The SMILES string of the molecule is CCC(C)NC(=O)C(C)N[C@H](C)c1cccs1. The van der Waals surface area contributed by atoms with Crippen LogP contribution in [0, 0.1) is 0 Å². The molecule has 0 aliphatic heterocycles. The average molecular weight is 254 g/mol. The van der Waals surface area contributed by atoms with Gasteiger partial charge in [0.1, 0.15) is 0 Å². The number of thiophene rings is 1. The monoisotopic (exact) mass is 254 g/mol. The van der Waals surface area contributed by atoms with Crippen molar-refractivity contribution in [3.63, 3.8) is 0 Å². The molecule has 3 nitrogen and oxygen atoms in total. The Hall–Kier alpha value is -0.870. The number of carbonyl (C=O) groups is 1. The highest BCUT2D eigenvalue weighted by atomic mass is 32.1. The van der Waals surface area contributed by atoms with Crippen LogP contribution in [0.4, 0.5) is 0 Å². The molecule has 1 rings (SSSR count). The van der Waals surface area contributed by atoms with Gasteiger partial charge < -0.3 is 5.32 Å². The first-order chi connectivity index (χ1) is 8.04. The van der Waals surface area contributed by atoms with E-state index in [1.54, 1.807) is 11.3 Å². The lowest BCUT2D eigenvalue weighted by Gasteiger charge is -2.20. The third-order valence-corrected chi connectivity index (χ3v) is 3.92. The third-order valence-electron chi connectivity index (χ3n) is 2.86. The second-order valence-corrected chi connectivity index (χ2v) is 5.42. The Bertz CT molecular complexity index is 337. The Kier molecular flexibility index (Phi) is 5.65. The molecule has 0 saturated carbocycles. The van der Waals surface area contributed by atoms with E-state index in [9.17, 15) is 4.79 Å². The van der Waals surface area contributed by atoms with Crippen LogP contribution in [0.2, 0.25) is 0 Å². The Morgan fingerprint density at radius 1 is 1.41 bits per heavy atom. The first kappa shape index (κ1) is 14.2. The van der Waals surface area contributed by atoms with Crippen LogP contribution in [-0.2, 0) is 4.79 Å². The normalized spacial score (nSPS) is 16.2. The van der Waals surface area contributed by atoms with Crippen molar-refractivity contribution in [2.45, 2.75) is 52.2 Å². The second kappa shape index (κ2) is 6.77. The maximum atomic E-state index is 11.8. The van der Waals surface area contributed by atoms with Crippen LogP contribution in [-0.4, -0.2) is 18.0 Å². The summed E-state index contributed by atoms with van der Waals surface area (Å²) in [6, 6.07) is 4.40. The maximum absolute atomic E-state index is 11.8. The summed E-state index contributed by atoms with van der Waals surface area (Å²) in [5, 5.41) is 8.34. The molecule has 1 heterocycles. The number of carbonyl (C=O) groups excluding carboxylic acids is 1. The van der Waals surface area contributed by atoms with E-state index in [-0.39, 0.29) is 24.0 Å². The van der Waals surface area contributed by atoms with Gasteiger partial charge in [-0.1, -0.05) is 13.0 Å². The van der Waals surface area contributed by atoms with Crippen molar-refractivity contribution in [2.75, 3.05) is 0 Å². The van der Waals surface area contributed by atoms with E-state index in [0.717, 1.165) is 6.42 Å². The van der Waals surface area contributed by atoms with Crippen LogP contribution >= 0.6 is 11.3 Å². The lowest BCUT2D eigenvalue weighted by atomic mass is 10.2. The summed E-state index contributed by atoms with van der Waals surface area (Å²) in [5.74, 6) is 0.0720. The molecule has 2 N–H and O–H groups in total. The van der Waals surface area contributed by atoms with E-state index < -0.39 is 0 Å². The van der Waals surface area contributed by atoms with E-state index in [2.05, 4.69) is 35.9 Å². The standard InChI is InChI=1S/C13H22N2OS/c1-5-9(2)14-13(16)11(4)15-10(3)12-7-6-8-17-12/h6-11,15H,5H2,1-4H3,(H,14,16)/t9?,10-,11?/m1/s1. The van der Waals surface area contributed by atoms with Crippen molar-refractivity contribution >= 4 is 17.2 Å². The lowest BCUT2D eigenvalue weighted by Crippen LogP contribution is -2.45. The van der Waals surface area contributed by atoms with Crippen molar-refractivity contribution in [3.8, 4) is 0 Å². The number of rotatable bonds is 6. The molecule has 0 spiro atoms. The quantitative estimate of drug-likeness (QED) is 0.819. The molecule has 0 aromatic carbocycles. The molecule has 3 atom stereocenters. The molecular weight excluding hydrogens is 232 g/mol. The topological polar surface area (TPSA) is 41.1 Å². The summed E-state index contributed by atoms with van der Waals surface area (Å²) in [6.45, 7) is 8.07. The van der Waals surface area contributed by atoms with Crippen molar-refractivity contribution in [2.24, 2.45) is 0 Å². The van der Waals surface area contributed by atoms with Crippen molar-refractivity contribution < 1.29 is 4.79 Å². The summed E-state index contributed by atoms with van der Waals surface area (Å²) >= 11 is 1.71. The van der Waals surface area contributed by atoms with Gasteiger partial charge in [0.2, 0.25) is 5.91 Å². The van der Waals surface area contributed by atoms with E-state index in [0.29, 0.717) is 0 Å². The molecule has 1 aromatic rings. The highest BCUT2D eigenvalue weighted by molar-refractivity contribution is 7.10. The fraction of sp³-hybridized carbons (Fsp3) is 0.615. The van der Waals surface area contributed by atoms with Gasteiger partial charge in [-0.15, -0.1) is 11.3 Å². The molecule has 0 aliphatic carbocycles. The minimum absolute atomic E-state index is 0.0720. The highest BCUT2D eigenvalue weighted by Crippen LogP contribution is 2.18. The molecule has 1 amide bonds. The van der Waals surface area contributed by atoms with Crippen LogP contribution in [0.15, 0.2) is 17.5 Å². The molecule has 4 heteroatoms. The minimum atomic E-state index is -0.166. The zero-order chi connectivity index (χ0) is 12.8. The van der Waals surface area contributed by atoms with Crippen molar-refractivity contribution in [1.82, 2.24) is 10.6 Å². The smallest absolute Gasteiger partial charge is 0.237 e. The number of amides is 1. The Labute approximate surface area is 108 Å². The van der Waals surface area contributed by atoms with Gasteiger partial charge in [0.05, 0.1) is 6.04 Å². The van der Waals surface area contributed by atoms with Gasteiger partial charge in [0.15, 0.2) is 0 Å². The van der Waals surface area contributed by atoms with E-state index >= 15 is 0 Å². The lowest BCUT2D eigenvalue weighted by molar-refractivity contribution is -0.123. The molecule has 0 radical (unpaired) electrons. The summed E-state index contributed by atoms with van der Waals surface area (Å²) < 4.78 is 0. The third kappa shape index (κ3) is 4.48. The number of hydrogen-bond donors (Lipinski definition) is 2. The molecule has 0 bridgehead atoms. The van der Waals surface area contributed by atoms with Gasteiger partial charge >= 0.3 is 0 Å². The molecular formula is C13H22N2OS. The van der Waals surface area contributed by atoms with Crippen molar-refractivity contribution in [1.29, 1.82) is 0 Å². The van der Waals surface area contributed by atoms with Crippen LogP contribution in [0.3, 0.4) is 0 Å². The van der Waals surface area contributed by atoms with Crippen molar-refractivity contribution in [3.05, 3.63) is 22.4 Å². The molecule has 2 unspecified atom stereocenters. The van der Waals surface area contributed by atoms with Crippen LogP contribution < -0.4 is 10.6 Å². The zero-order valence-electron chi connectivity index (χ0n) is 11.0. The van der Waals surface area contributed by atoms with Crippen LogP contribution in [0.25, 0.3) is 0 Å². The average Bonchev–Trinajstić information content (AvgIpc) is 2.82. The molecule has 96 valence electrons. The highest BCUT2D eigenvalue weighted by Gasteiger charge is 2.17. The van der Waals surface area contributed by atoms with E-state index in [1.807, 2.05) is 19.9 Å².